The molecule has 0 fully saturated rings. The van der Waals surface area contributed by atoms with Crippen molar-refractivity contribution < 1.29 is 43.1 Å². The Morgan fingerprint density at radius 3 is 2.12 bits per heavy atom. The van der Waals surface area contributed by atoms with Crippen LogP contribution < -0.4 is 43.4 Å². The quantitative estimate of drug-likeness (QED) is 0.231. The molecule has 0 bridgehead atoms. The Hall–Kier alpha value is -3.99. The number of carbonyl (C=O) groups is 1. The van der Waals surface area contributed by atoms with Crippen LogP contribution in [0.25, 0.3) is 16.7 Å². The Morgan fingerprint density at radius 2 is 1.51 bits per heavy atom. The predicted octanol–water partition coefficient (Wildman–Crippen LogP) is 2.58. The van der Waals surface area contributed by atoms with Gasteiger partial charge in [0.2, 0.25) is 5.36 Å². The zero-order chi connectivity index (χ0) is 36.2. The number of ether oxygens (including phenoxy) is 2. The van der Waals surface area contributed by atoms with E-state index in [4.69, 9.17) is 28.1 Å². The fourth-order valence-electron chi connectivity index (χ4n) is 7.63. The Balaban J connectivity index is 0.000000874. The first-order valence-electron chi connectivity index (χ1n) is 16.6. The summed E-state index contributed by atoms with van der Waals surface area (Å²) in [7, 11) is -4.94. The van der Waals surface area contributed by atoms with E-state index in [1.165, 1.54) is 33.3 Å². The van der Waals surface area contributed by atoms with Crippen molar-refractivity contribution >= 4 is 28.4 Å². The van der Waals surface area contributed by atoms with Gasteiger partial charge in [-0.15, -0.1) is 10.2 Å². The summed E-state index contributed by atoms with van der Waals surface area (Å²) in [6, 6.07) is 16.8. The van der Waals surface area contributed by atoms with Crippen LogP contribution in [0.15, 0.2) is 60.7 Å². The minimum absolute atomic E-state index is 0.122. The van der Waals surface area contributed by atoms with Gasteiger partial charge in [0.25, 0.3) is 0 Å². The molecule has 3 heterocycles. The normalized spacial score (nSPS) is 17.0. The van der Waals surface area contributed by atoms with E-state index in [1.807, 2.05) is 38.1 Å². The summed E-state index contributed by atoms with van der Waals surface area (Å²) in [5.74, 6) is 1.28. The number of esters is 1. The molecule has 0 aromatic heterocycles. The van der Waals surface area contributed by atoms with E-state index in [9.17, 15) is 4.79 Å². The second kappa shape index (κ2) is 13.0. The Kier molecular flexibility index (Phi) is 9.66. The van der Waals surface area contributed by atoms with Crippen molar-refractivity contribution in [1.82, 2.24) is 4.58 Å². The van der Waals surface area contributed by atoms with Gasteiger partial charge in [0.1, 0.15) is 18.0 Å². The van der Waals surface area contributed by atoms with Gasteiger partial charge in [-0.3, -0.25) is 0 Å². The lowest BCUT2D eigenvalue weighted by Crippen LogP contribution is -2.68. The Bertz CT molecular complexity index is 2010. The molecule has 3 aliphatic heterocycles. The number of benzene rings is 3. The van der Waals surface area contributed by atoms with Gasteiger partial charge in [0.15, 0.2) is 5.54 Å². The van der Waals surface area contributed by atoms with Crippen LogP contribution in [0, 0.1) is 10.2 Å². The van der Waals surface area contributed by atoms with Crippen LogP contribution in [0.3, 0.4) is 0 Å². The molecule has 0 spiro atoms. The van der Waals surface area contributed by atoms with Gasteiger partial charge in [0, 0.05) is 59.6 Å². The van der Waals surface area contributed by atoms with E-state index in [0.29, 0.717) is 5.56 Å². The molecule has 0 N–H and O–H groups in total. The highest BCUT2D eigenvalue weighted by Gasteiger charge is 2.36. The maximum atomic E-state index is 13.5. The molecule has 3 aliphatic rings. The van der Waals surface area contributed by atoms with Crippen LogP contribution >= 0.6 is 0 Å². The number of anilines is 1. The van der Waals surface area contributed by atoms with Crippen molar-refractivity contribution in [1.29, 1.82) is 0 Å². The number of hydrogen-bond donors (Lipinski definition) is 0. The van der Waals surface area contributed by atoms with Crippen molar-refractivity contribution in [3.63, 3.8) is 0 Å². The van der Waals surface area contributed by atoms with Gasteiger partial charge in [-0.25, -0.2) is 28.0 Å². The first-order chi connectivity index (χ1) is 22.8. The first kappa shape index (κ1) is 36.3. The van der Waals surface area contributed by atoms with Crippen molar-refractivity contribution in [2.75, 3.05) is 18.0 Å². The number of fused-ring (bicyclic) bond motifs is 4. The molecule has 3 aromatic rings. The fraction of sp³-hybridized carbons (Fsp3) is 0.385. The lowest BCUT2D eigenvalue weighted by atomic mass is 9.83. The standard InChI is InChI=1S/C39H45N2O3.ClHO4/c1-11-40-32-19-34-30(17-28(32)24(5)21-38(40,7)8)36(26-15-13-14-16-27(26)37(42)43-23(3)4)31-18-29-25(6)22-39(9,10)41(12-2)33(29)20-35(31)44-34;2-1(3,4)5/h13-23H,11-12H2,1-10H3;(H,2,3,4,5)/q+1;/p-1. The maximum Gasteiger partial charge on any atom is 0.339 e. The molecule has 0 radical (unpaired) electrons. The maximum absolute atomic E-state index is 13.5. The van der Waals surface area contributed by atoms with Gasteiger partial charge in [-0.2, -0.15) is 0 Å². The molecule has 6 rings (SSSR count). The molecule has 0 saturated heterocycles. The lowest BCUT2D eigenvalue weighted by molar-refractivity contribution is -2.00. The first-order valence-corrected chi connectivity index (χ1v) is 17.8. The number of carbonyl (C=O) groups excluding carboxylic acids is 1. The summed E-state index contributed by atoms with van der Waals surface area (Å²) < 4.78 is 49.0. The van der Waals surface area contributed by atoms with Crippen molar-refractivity contribution in [3.8, 4) is 11.5 Å². The second-order valence-electron chi connectivity index (χ2n) is 14.0. The van der Waals surface area contributed by atoms with Crippen LogP contribution in [0.4, 0.5) is 5.69 Å². The molecule has 49 heavy (non-hydrogen) atoms. The van der Waals surface area contributed by atoms with Crippen LogP contribution in [-0.2, 0) is 4.74 Å². The number of allylic oxidation sites excluding steroid dienone is 2. The fourth-order valence-corrected chi connectivity index (χ4v) is 7.63. The number of hydrogen-bond acceptors (Lipinski definition) is 8. The van der Waals surface area contributed by atoms with E-state index in [0.717, 1.165) is 46.5 Å². The zero-order valence-electron chi connectivity index (χ0n) is 29.9. The number of rotatable bonds is 5. The second-order valence-corrected chi connectivity index (χ2v) is 14.8. The summed E-state index contributed by atoms with van der Waals surface area (Å²) in [5.41, 5.74) is 9.13. The van der Waals surface area contributed by atoms with Crippen LogP contribution in [0.5, 0.6) is 11.5 Å². The third kappa shape index (κ3) is 7.04. The molecular formula is C39H45ClN2O7. The molecule has 0 aliphatic carbocycles. The molecule has 3 aromatic carbocycles. The highest BCUT2D eigenvalue weighted by molar-refractivity contribution is 6.00. The van der Waals surface area contributed by atoms with Crippen LogP contribution in [0.2, 0.25) is 0 Å². The van der Waals surface area contributed by atoms with E-state index in [1.54, 1.807) is 0 Å². The topological polar surface area (TPSA) is 134 Å². The average molecular weight is 689 g/mol. The number of likely N-dealkylation sites (N-methyl/N-ethyl adjacent to an activating group) is 2. The number of halogens is 1. The largest absolute Gasteiger partial charge is 0.459 e. The molecule has 0 unspecified atom stereocenters. The van der Waals surface area contributed by atoms with Gasteiger partial charge in [-0.05, 0) is 96.4 Å². The predicted molar refractivity (Wildman–Crippen MR) is 181 cm³/mol. The summed E-state index contributed by atoms with van der Waals surface area (Å²) >= 11 is 0. The van der Waals surface area contributed by atoms with Crippen LogP contribution in [0.1, 0.15) is 102 Å². The molecular weight excluding hydrogens is 644 g/mol. The Labute approximate surface area is 290 Å². The molecule has 9 nitrogen and oxygen atoms in total. The smallest absolute Gasteiger partial charge is 0.339 e. The monoisotopic (exact) mass is 688 g/mol. The third-order valence-corrected chi connectivity index (χ3v) is 9.31. The summed E-state index contributed by atoms with van der Waals surface area (Å²) in [4.78, 5) is 16.0. The van der Waals surface area contributed by atoms with Crippen molar-refractivity contribution in [2.24, 2.45) is 0 Å². The van der Waals surface area contributed by atoms with Crippen molar-refractivity contribution in [3.05, 3.63) is 99.1 Å². The molecule has 0 saturated carbocycles. The van der Waals surface area contributed by atoms with E-state index in [-0.39, 0.29) is 23.2 Å². The van der Waals surface area contributed by atoms with E-state index < -0.39 is 10.2 Å². The zero-order valence-corrected chi connectivity index (χ0v) is 30.7. The van der Waals surface area contributed by atoms with Gasteiger partial charge in [0.05, 0.1) is 23.3 Å². The summed E-state index contributed by atoms with van der Waals surface area (Å²) in [6.45, 7) is 23.3. The highest BCUT2D eigenvalue weighted by atomic mass is 35.7. The van der Waals surface area contributed by atoms with Crippen LogP contribution in [-0.4, -0.2) is 36.2 Å². The van der Waals surface area contributed by atoms with Crippen molar-refractivity contribution in [2.45, 2.75) is 86.4 Å². The molecule has 0 atom stereocenters. The minimum Gasteiger partial charge on any atom is -0.459 e. The van der Waals surface area contributed by atoms with Gasteiger partial charge >= 0.3 is 5.97 Å². The molecule has 0 amide bonds. The number of nitrogens with zero attached hydrogens (tertiary/aromatic N) is 2. The Morgan fingerprint density at radius 1 is 0.878 bits per heavy atom. The minimum atomic E-state index is -4.94. The van der Waals surface area contributed by atoms with E-state index in [2.05, 4.69) is 101 Å². The third-order valence-electron chi connectivity index (χ3n) is 9.31. The van der Waals surface area contributed by atoms with Gasteiger partial charge in [-0.1, -0.05) is 24.3 Å². The lowest BCUT2D eigenvalue weighted by Gasteiger charge is -2.43. The molecule has 260 valence electrons. The average Bonchev–Trinajstić information content (AvgIpc) is 2.97. The van der Waals surface area contributed by atoms with Gasteiger partial charge < -0.3 is 14.4 Å². The molecule has 10 heteroatoms. The summed E-state index contributed by atoms with van der Waals surface area (Å²) in [5, 5.41) is 2.15. The summed E-state index contributed by atoms with van der Waals surface area (Å²) in [6.07, 6.45) is 4.48. The van der Waals surface area contributed by atoms with E-state index >= 15 is 0 Å². The SMILES string of the molecule is CCN1c2cc3c(cc2C(C)=CC1(C)C)C(c1ccccc1C(=O)OC(C)C)=c1cc2c(cc1O3)=[N+](CC)C(C)(C)C=C2C.[O-][Cl+3]([O-])([O-])[O-]. The highest BCUT2D eigenvalue weighted by Crippen LogP contribution is 2.46.